The van der Waals surface area contributed by atoms with Crippen molar-refractivity contribution < 1.29 is 14.6 Å². The van der Waals surface area contributed by atoms with E-state index in [-0.39, 0.29) is 5.97 Å². The van der Waals surface area contributed by atoms with E-state index in [0.717, 1.165) is 5.56 Å². The molecule has 0 bridgehead atoms. The second-order valence-corrected chi connectivity index (χ2v) is 4.34. The zero-order valence-electron chi connectivity index (χ0n) is 9.85. The minimum Gasteiger partial charge on any atom is -0.513 e. The Morgan fingerprint density at radius 2 is 2.06 bits per heavy atom. The van der Waals surface area contributed by atoms with Gasteiger partial charge in [0.2, 0.25) is 0 Å². The normalized spacial score (nSPS) is 23.9. The molecule has 1 N–H and O–H groups in total. The summed E-state index contributed by atoms with van der Waals surface area (Å²) in [6.45, 7) is 0. The van der Waals surface area contributed by atoms with E-state index < -0.39 is 5.41 Å². The first-order valence-corrected chi connectivity index (χ1v) is 5.71. The number of aliphatic hydroxyl groups is 1. The molecule has 0 fully saturated rings. The highest BCUT2D eigenvalue weighted by Gasteiger charge is 2.42. The molecule has 1 aliphatic carbocycles. The number of carbonyl (C=O) groups excluding carboxylic acids is 1. The Labute approximate surface area is 101 Å². The standard InChI is InChI=1S/C14H16O3/c1-17-13(16)14(9-7-12(15)8-10-14)11-5-3-2-4-6-11/h2-7,15H,8-10H2,1H3. The molecule has 0 saturated carbocycles. The van der Waals surface area contributed by atoms with Crippen LogP contribution in [0.1, 0.15) is 24.8 Å². The third kappa shape index (κ3) is 2.05. The summed E-state index contributed by atoms with van der Waals surface area (Å²) < 4.78 is 4.93. The number of ether oxygens (including phenoxy) is 1. The molecule has 0 aliphatic heterocycles. The van der Waals surface area contributed by atoms with E-state index in [2.05, 4.69) is 0 Å². The second kappa shape index (κ2) is 4.62. The number of benzene rings is 1. The van der Waals surface area contributed by atoms with Crippen molar-refractivity contribution in [2.75, 3.05) is 7.11 Å². The molecule has 3 heteroatoms. The van der Waals surface area contributed by atoms with Crippen LogP contribution in [0.15, 0.2) is 42.2 Å². The van der Waals surface area contributed by atoms with Crippen molar-refractivity contribution in [2.24, 2.45) is 0 Å². The van der Waals surface area contributed by atoms with E-state index in [1.165, 1.54) is 7.11 Å². The Morgan fingerprint density at radius 3 is 2.59 bits per heavy atom. The number of hydrogen-bond acceptors (Lipinski definition) is 3. The molecule has 17 heavy (non-hydrogen) atoms. The maximum atomic E-state index is 12.1. The molecule has 0 saturated heterocycles. The maximum absolute atomic E-state index is 12.1. The summed E-state index contributed by atoms with van der Waals surface area (Å²) in [6.07, 6.45) is 3.32. The zero-order chi connectivity index (χ0) is 12.3. The van der Waals surface area contributed by atoms with E-state index in [4.69, 9.17) is 4.74 Å². The lowest BCUT2D eigenvalue weighted by Gasteiger charge is -2.33. The molecule has 3 nitrogen and oxygen atoms in total. The van der Waals surface area contributed by atoms with Gasteiger partial charge in [0.25, 0.3) is 0 Å². The molecule has 0 spiro atoms. The smallest absolute Gasteiger partial charge is 0.316 e. The van der Waals surface area contributed by atoms with Crippen LogP contribution in [-0.2, 0) is 14.9 Å². The number of rotatable bonds is 2. The lowest BCUT2D eigenvalue weighted by Crippen LogP contribution is -2.38. The average molecular weight is 232 g/mol. The van der Waals surface area contributed by atoms with E-state index in [1.807, 2.05) is 30.3 Å². The molecule has 0 radical (unpaired) electrons. The molecule has 1 aromatic rings. The molecule has 1 aromatic carbocycles. The van der Waals surface area contributed by atoms with Crippen LogP contribution in [0.4, 0.5) is 0 Å². The summed E-state index contributed by atoms with van der Waals surface area (Å²) in [5, 5.41) is 9.45. The fraction of sp³-hybridized carbons (Fsp3) is 0.357. The Morgan fingerprint density at radius 1 is 1.35 bits per heavy atom. The molecule has 0 heterocycles. The van der Waals surface area contributed by atoms with Crippen molar-refractivity contribution in [3.63, 3.8) is 0 Å². The van der Waals surface area contributed by atoms with Crippen molar-refractivity contribution in [3.05, 3.63) is 47.7 Å². The monoisotopic (exact) mass is 232 g/mol. The van der Waals surface area contributed by atoms with Crippen LogP contribution in [0.3, 0.4) is 0 Å². The van der Waals surface area contributed by atoms with Crippen molar-refractivity contribution in [2.45, 2.75) is 24.7 Å². The fourth-order valence-electron chi connectivity index (χ4n) is 2.36. The Kier molecular flexibility index (Phi) is 3.18. The number of aliphatic hydroxyl groups excluding tert-OH is 1. The molecule has 2 rings (SSSR count). The summed E-state index contributed by atoms with van der Waals surface area (Å²) in [4.78, 5) is 12.1. The quantitative estimate of drug-likeness (QED) is 0.797. The predicted octanol–water partition coefficient (Wildman–Crippen LogP) is 2.72. The van der Waals surface area contributed by atoms with Gasteiger partial charge in [-0.2, -0.15) is 0 Å². The molecule has 0 amide bonds. The van der Waals surface area contributed by atoms with Gasteiger partial charge >= 0.3 is 5.97 Å². The van der Waals surface area contributed by atoms with Crippen LogP contribution in [0.2, 0.25) is 0 Å². The summed E-state index contributed by atoms with van der Waals surface area (Å²) in [5.41, 5.74) is 0.318. The Balaban J connectivity index is 2.42. The van der Waals surface area contributed by atoms with Gasteiger partial charge in [-0.05, 0) is 24.5 Å². The minimum absolute atomic E-state index is 0.229. The van der Waals surface area contributed by atoms with Crippen molar-refractivity contribution in [3.8, 4) is 0 Å². The first kappa shape index (κ1) is 11.7. The molecule has 0 aromatic heterocycles. The summed E-state index contributed by atoms with van der Waals surface area (Å²) in [6, 6.07) is 9.63. The number of hydrogen-bond donors (Lipinski definition) is 1. The van der Waals surface area contributed by atoms with E-state index in [1.54, 1.807) is 6.08 Å². The SMILES string of the molecule is COC(=O)C1(c2ccccc2)CC=C(O)CC1. The summed E-state index contributed by atoms with van der Waals surface area (Å²) in [7, 11) is 1.41. The van der Waals surface area contributed by atoms with E-state index >= 15 is 0 Å². The van der Waals surface area contributed by atoms with Gasteiger partial charge in [0.15, 0.2) is 0 Å². The molecule has 1 atom stereocenters. The zero-order valence-corrected chi connectivity index (χ0v) is 9.85. The summed E-state index contributed by atoms with van der Waals surface area (Å²) in [5.74, 6) is 0.132. The van der Waals surface area contributed by atoms with Gasteiger partial charge < -0.3 is 9.84 Å². The summed E-state index contributed by atoms with van der Waals surface area (Å²) >= 11 is 0. The van der Waals surface area contributed by atoms with Crippen LogP contribution < -0.4 is 0 Å². The van der Waals surface area contributed by atoms with Crippen LogP contribution in [0, 0.1) is 0 Å². The minimum atomic E-state index is -0.637. The highest BCUT2D eigenvalue weighted by atomic mass is 16.5. The van der Waals surface area contributed by atoms with E-state index in [9.17, 15) is 9.90 Å². The predicted molar refractivity (Wildman–Crippen MR) is 64.7 cm³/mol. The van der Waals surface area contributed by atoms with Gasteiger partial charge in [0, 0.05) is 6.42 Å². The van der Waals surface area contributed by atoms with Gasteiger partial charge in [0.05, 0.1) is 18.3 Å². The van der Waals surface area contributed by atoms with Crippen molar-refractivity contribution >= 4 is 5.97 Å². The molecule has 1 unspecified atom stereocenters. The first-order valence-electron chi connectivity index (χ1n) is 5.71. The first-order chi connectivity index (χ1) is 8.19. The van der Waals surface area contributed by atoms with Gasteiger partial charge in [-0.15, -0.1) is 0 Å². The highest BCUT2D eigenvalue weighted by molar-refractivity contribution is 5.83. The van der Waals surface area contributed by atoms with Crippen LogP contribution >= 0.6 is 0 Å². The number of esters is 1. The van der Waals surface area contributed by atoms with E-state index in [0.29, 0.717) is 25.0 Å². The fourth-order valence-corrected chi connectivity index (χ4v) is 2.36. The lowest BCUT2D eigenvalue weighted by molar-refractivity contribution is -0.148. The van der Waals surface area contributed by atoms with Gasteiger partial charge in [-0.25, -0.2) is 0 Å². The third-order valence-corrected chi connectivity index (χ3v) is 3.40. The van der Waals surface area contributed by atoms with Gasteiger partial charge in [0.1, 0.15) is 0 Å². The molecular formula is C14H16O3. The van der Waals surface area contributed by atoms with Gasteiger partial charge in [-0.1, -0.05) is 30.3 Å². The van der Waals surface area contributed by atoms with Crippen LogP contribution in [0.25, 0.3) is 0 Å². The lowest BCUT2D eigenvalue weighted by atomic mass is 9.71. The number of methoxy groups -OCH3 is 1. The van der Waals surface area contributed by atoms with Crippen molar-refractivity contribution in [1.29, 1.82) is 0 Å². The largest absolute Gasteiger partial charge is 0.513 e. The maximum Gasteiger partial charge on any atom is 0.316 e. The number of allylic oxidation sites excluding steroid dienone is 2. The van der Waals surface area contributed by atoms with Crippen molar-refractivity contribution in [1.82, 2.24) is 0 Å². The van der Waals surface area contributed by atoms with Crippen LogP contribution in [-0.4, -0.2) is 18.2 Å². The molecular weight excluding hydrogens is 216 g/mol. The topological polar surface area (TPSA) is 46.5 Å². The number of carbonyl (C=O) groups is 1. The molecule has 1 aliphatic rings. The third-order valence-electron chi connectivity index (χ3n) is 3.40. The van der Waals surface area contributed by atoms with Crippen LogP contribution in [0.5, 0.6) is 0 Å². The Bertz CT molecular complexity index is 436. The second-order valence-electron chi connectivity index (χ2n) is 4.34. The Hall–Kier alpha value is -1.77. The molecule has 90 valence electrons. The van der Waals surface area contributed by atoms with Gasteiger partial charge in [-0.3, -0.25) is 4.79 Å². The average Bonchev–Trinajstić information content (AvgIpc) is 2.40. The highest BCUT2D eigenvalue weighted by Crippen LogP contribution is 2.39.